The molecule has 0 aliphatic heterocycles. The fraction of sp³-hybridized carbons (Fsp3) is 0. The highest BCUT2D eigenvalue weighted by Gasteiger charge is 2.07. The maximum absolute atomic E-state index is 10.7. The van der Waals surface area contributed by atoms with Crippen LogP contribution in [0.1, 0.15) is 10.5 Å². The number of hydrogen-bond donors (Lipinski definition) is 0. The van der Waals surface area contributed by atoms with Crippen molar-refractivity contribution in [1.29, 1.82) is 0 Å². The lowest BCUT2D eigenvalue weighted by molar-refractivity contribution is 0.111. The number of aldehydes is 1. The van der Waals surface area contributed by atoms with Gasteiger partial charge in [-0.2, -0.15) is 0 Å². The first-order valence-corrected chi connectivity index (χ1v) is 5.60. The van der Waals surface area contributed by atoms with Gasteiger partial charge in [-0.1, -0.05) is 28.1 Å². The summed E-state index contributed by atoms with van der Waals surface area (Å²) < 4.78 is 2.84. The first-order chi connectivity index (χ1) is 7.79. The van der Waals surface area contributed by atoms with E-state index in [-0.39, 0.29) is 0 Å². The predicted molar refractivity (Wildman–Crippen MR) is 65.8 cm³/mol. The molecule has 0 atom stereocenters. The van der Waals surface area contributed by atoms with Crippen LogP contribution in [-0.2, 0) is 0 Å². The molecule has 0 unspecified atom stereocenters. The zero-order chi connectivity index (χ0) is 11.1. The number of nitrogens with zero attached hydrogens (tertiary/aromatic N) is 2. The summed E-state index contributed by atoms with van der Waals surface area (Å²) in [4.78, 5) is 15.0. The minimum atomic E-state index is 0.447. The number of hydrogen-bond acceptors (Lipinski definition) is 2. The van der Waals surface area contributed by atoms with E-state index in [1.165, 1.54) is 0 Å². The van der Waals surface area contributed by atoms with Crippen molar-refractivity contribution in [2.24, 2.45) is 0 Å². The second-order valence-corrected chi connectivity index (χ2v) is 4.39. The Morgan fingerprint density at radius 1 is 1.31 bits per heavy atom. The highest BCUT2D eigenvalue weighted by Crippen LogP contribution is 2.27. The Balaban J connectivity index is 2.56. The van der Waals surface area contributed by atoms with Crippen molar-refractivity contribution < 1.29 is 4.79 Å². The molecular weight excluding hydrogens is 268 g/mol. The fourth-order valence-electron chi connectivity index (χ4n) is 1.84. The van der Waals surface area contributed by atoms with Crippen LogP contribution in [0.15, 0.2) is 41.1 Å². The van der Waals surface area contributed by atoms with E-state index in [4.69, 9.17) is 0 Å². The van der Waals surface area contributed by atoms with Crippen LogP contribution in [0.4, 0.5) is 0 Å². The third-order valence-electron chi connectivity index (χ3n) is 2.56. The third-order valence-corrected chi connectivity index (χ3v) is 3.22. The van der Waals surface area contributed by atoms with Gasteiger partial charge in [-0.05, 0) is 17.5 Å². The van der Waals surface area contributed by atoms with Gasteiger partial charge < -0.3 is 4.40 Å². The molecule has 3 aromatic rings. The maximum atomic E-state index is 10.7. The first-order valence-electron chi connectivity index (χ1n) is 4.81. The van der Waals surface area contributed by atoms with Gasteiger partial charge in [-0.15, -0.1) is 0 Å². The number of carbonyl (C=O) groups is 1. The van der Waals surface area contributed by atoms with Gasteiger partial charge in [0.15, 0.2) is 6.29 Å². The number of carbonyl (C=O) groups excluding carboxylic acids is 1. The van der Waals surface area contributed by atoms with Gasteiger partial charge in [0.05, 0.1) is 0 Å². The molecule has 0 aliphatic carbocycles. The predicted octanol–water partition coefficient (Wildman–Crippen LogP) is 3.06. The van der Waals surface area contributed by atoms with Gasteiger partial charge in [-0.25, -0.2) is 4.98 Å². The number of fused-ring (bicyclic) bond motifs is 3. The Morgan fingerprint density at radius 3 is 3.00 bits per heavy atom. The normalized spacial score (nSPS) is 11.1. The lowest BCUT2D eigenvalue weighted by atomic mass is 10.2. The summed E-state index contributed by atoms with van der Waals surface area (Å²) in [5, 5.41) is 2.13. The summed E-state index contributed by atoms with van der Waals surface area (Å²) in [5.74, 6) is 0. The number of pyridine rings is 1. The van der Waals surface area contributed by atoms with Crippen LogP contribution >= 0.6 is 15.9 Å². The van der Waals surface area contributed by atoms with E-state index in [2.05, 4.69) is 20.9 Å². The first kappa shape index (κ1) is 9.54. The summed E-state index contributed by atoms with van der Waals surface area (Å²) in [7, 11) is 0. The molecule has 0 bridgehead atoms. The lowest BCUT2D eigenvalue weighted by Gasteiger charge is -2.02. The average molecular weight is 275 g/mol. The Labute approximate surface area is 99.8 Å². The fourth-order valence-corrected chi connectivity index (χ4v) is 2.40. The molecule has 0 saturated carbocycles. The smallest absolute Gasteiger partial charge is 0.170 e. The van der Waals surface area contributed by atoms with Crippen LogP contribution in [-0.4, -0.2) is 15.7 Å². The van der Waals surface area contributed by atoms with Crippen molar-refractivity contribution in [2.45, 2.75) is 0 Å². The van der Waals surface area contributed by atoms with E-state index in [9.17, 15) is 4.79 Å². The Morgan fingerprint density at radius 2 is 2.19 bits per heavy atom. The summed E-state index contributed by atoms with van der Waals surface area (Å²) in [6.07, 6.45) is 4.39. The molecule has 0 radical (unpaired) electrons. The van der Waals surface area contributed by atoms with E-state index < -0.39 is 0 Å². The van der Waals surface area contributed by atoms with Gasteiger partial charge in [0.25, 0.3) is 0 Å². The maximum Gasteiger partial charge on any atom is 0.170 e. The van der Waals surface area contributed by atoms with Crippen molar-refractivity contribution in [2.75, 3.05) is 0 Å². The van der Waals surface area contributed by atoms with E-state index in [0.717, 1.165) is 27.2 Å². The van der Waals surface area contributed by atoms with E-state index in [1.807, 2.05) is 34.9 Å². The Bertz CT molecular complexity index is 703. The van der Waals surface area contributed by atoms with Crippen LogP contribution in [0.3, 0.4) is 0 Å². The van der Waals surface area contributed by atoms with Gasteiger partial charge in [0.2, 0.25) is 0 Å². The topological polar surface area (TPSA) is 34.4 Å². The molecule has 2 aromatic heterocycles. The summed E-state index contributed by atoms with van der Waals surface area (Å²) in [6.45, 7) is 0. The molecule has 3 rings (SSSR count). The van der Waals surface area contributed by atoms with Crippen LogP contribution in [0.2, 0.25) is 0 Å². The summed E-state index contributed by atoms with van der Waals surface area (Å²) >= 11 is 3.51. The van der Waals surface area contributed by atoms with Crippen LogP contribution in [0, 0.1) is 0 Å². The number of aromatic nitrogens is 2. The molecule has 4 heteroatoms. The lowest BCUT2D eigenvalue weighted by Crippen LogP contribution is -1.85. The Hall–Kier alpha value is -1.68. The van der Waals surface area contributed by atoms with Gasteiger partial charge in [0, 0.05) is 22.3 Å². The molecule has 0 amide bonds. The van der Waals surface area contributed by atoms with E-state index >= 15 is 0 Å². The highest BCUT2D eigenvalue weighted by atomic mass is 79.9. The van der Waals surface area contributed by atoms with Crippen molar-refractivity contribution in [3.8, 4) is 0 Å². The largest absolute Gasteiger partial charge is 0.306 e. The minimum absolute atomic E-state index is 0.447. The molecule has 0 spiro atoms. The van der Waals surface area contributed by atoms with E-state index in [0.29, 0.717) is 5.69 Å². The molecule has 0 saturated heterocycles. The monoisotopic (exact) mass is 274 g/mol. The Kier molecular flexibility index (Phi) is 2.04. The molecule has 0 fully saturated rings. The summed E-state index contributed by atoms with van der Waals surface area (Å²) in [5.41, 5.74) is 1.25. The number of benzene rings is 1. The summed E-state index contributed by atoms with van der Waals surface area (Å²) in [6, 6.07) is 7.98. The standard InChI is InChI=1S/C12H7BrN2O/c13-10-3-1-2-8-4-5-15-6-9(7-16)14-12(15)11(8)10/h1-7H. The molecule has 1 aromatic carbocycles. The highest BCUT2D eigenvalue weighted by molar-refractivity contribution is 9.10. The minimum Gasteiger partial charge on any atom is -0.306 e. The molecule has 3 nitrogen and oxygen atoms in total. The molecule has 2 heterocycles. The van der Waals surface area contributed by atoms with Gasteiger partial charge in [-0.3, -0.25) is 4.79 Å². The molecule has 0 aliphatic rings. The van der Waals surface area contributed by atoms with Gasteiger partial charge >= 0.3 is 0 Å². The van der Waals surface area contributed by atoms with Crippen LogP contribution in [0.25, 0.3) is 16.4 Å². The number of halogens is 1. The quantitative estimate of drug-likeness (QED) is 0.640. The zero-order valence-electron chi connectivity index (χ0n) is 8.22. The van der Waals surface area contributed by atoms with Crippen LogP contribution in [0.5, 0.6) is 0 Å². The zero-order valence-corrected chi connectivity index (χ0v) is 9.81. The number of imidazole rings is 1. The second-order valence-electron chi connectivity index (χ2n) is 3.53. The number of rotatable bonds is 1. The van der Waals surface area contributed by atoms with Gasteiger partial charge in [0.1, 0.15) is 11.3 Å². The SMILES string of the molecule is O=Cc1cn2ccc3cccc(Br)c3c2n1. The van der Waals surface area contributed by atoms with E-state index in [1.54, 1.807) is 6.20 Å². The van der Waals surface area contributed by atoms with Crippen molar-refractivity contribution in [1.82, 2.24) is 9.38 Å². The molecule has 0 N–H and O–H groups in total. The molecule has 78 valence electrons. The third kappa shape index (κ3) is 1.27. The van der Waals surface area contributed by atoms with Crippen molar-refractivity contribution >= 4 is 38.6 Å². The second kappa shape index (κ2) is 3.42. The molecule has 16 heavy (non-hydrogen) atoms. The van der Waals surface area contributed by atoms with Crippen molar-refractivity contribution in [3.05, 3.63) is 46.8 Å². The van der Waals surface area contributed by atoms with Crippen molar-refractivity contribution in [3.63, 3.8) is 0 Å². The average Bonchev–Trinajstić information content (AvgIpc) is 2.72. The molecular formula is C12H7BrN2O. The van der Waals surface area contributed by atoms with Crippen LogP contribution < -0.4 is 0 Å².